The molecule has 5 rings (SSSR count). The molecule has 34 heavy (non-hydrogen) atoms. The number of hydrogen-bond acceptors (Lipinski definition) is 7. The first-order valence-corrected chi connectivity index (χ1v) is 13.7. The molecule has 0 radical (unpaired) electrons. The Morgan fingerprint density at radius 3 is 2.62 bits per heavy atom. The van der Waals surface area contributed by atoms with Crippen molar-refractivity contribution in [1.29, 1.82) is 0 Å². The number of aromatic nitrogens is 1. The Balaban J connectivity index is 1.44. The van der Waals surface area contributed by atoms with Gasteiger partial charge in [0.05, 0.1) is 31.7 Å². The minimum atomic E-state index is -1.06. The molecule has 3 heterocycles. The summed E-state index contributed by atoms with van der Waals surface area (Å²) in [5.41, 5.74) is 10.4. The van der Waals surface area contributed by atoms with Gasteiger partial charge >= 0.3 is 0 Å². The van der Waals surface area contributed by atoms with E-state index in [2.05, 4.69) is 28.1 Å². The average molecular weight is 495 g/mol. The molecule has 2 aliphatic heterocycles. The summed E-state index contributed by atoms with van der Waals surface area (Å²) in [4.78, 5) is 11.6. The van der Waals surface area contributed by atoms with Gasteiger partial charge in [0, 0.05) is 41.2 Å². The molecule has 3 aliphatic rings. The fourth-order valence-electron chi connectivity index (χ4n) is 4.31. The van der Waals surface area contributed by atoms with Gasteiger partial charge in [0.1, 0.15) is 6.61 Å². The number of allylic oxidation sites excluding steroid dienone is 2. The van der Waals surface area contributed by atoms with E-state index in [9.17, 15) is 4.21 Å². The van der Waals surface area contributed by atoms with Crippen LogP contribution in [0.15, 0.2) is 69.7 Å². The maximum absolute atomic E-state index is 13.2. The zero-order valence-electron chi connectivity index (χ0n) is 19.5. The molecule has 3 atom stereocenters. The Bertz CT molecular complexity index is 1160. The highest BCUT2D eigenvalue weighted by molar-refractivity contribution is 8.26. The summed E-state index contributed by atoms with van der Waals surface area (Å²) >= 11 is 1.52. The van der Waals surface area contributed by atoms with Crippen molar-refractivity contribution in [3.63, 3.8) is 0 Å². The molecule has 1 fully saturated rings. The molecule has 0 spiro atoms. The number of aliphatic imine (C=N–C) groups is 1. The molecule has 6 nitrogen and oxygen atoms in total. The third kappa shape index (κ3) is 4.72. The molecule has 1 aromatic heterocycles. The van der Waals surface area contributed by atoms with Crippen LogP contribution in [0.1, 0.15) is 36.3 Å². The standard InChI is InChI=1S/C26H30N4O2S2/c1-30(2)13-14-32-22-12-11-18(16-28-22)21-15-20(17-7-4-3-5-8-17)23-24(27)26(33-25(23)29-21)34(31)19-9-6-10-19/h3-5,7-8,11-12,15-16,19-20,23H,6,9-10,13-14,27H2,1-2H3. The maximum Gasteiger partial charge on any atom is 0.213 e. The van der Waals surface area contributed by atoms with Gasteiger partial charge in [-0.15, -0.1) is 0 Å². The number of hydrogen-bond donors (Lipinski definition) is 1. The van der Waals surface area contributed by atoms with Crippen LogP contribution >= 0.6 is 11.8 Å². The van der Waals surface area contributed by atoms with Crippen LogP contribution in [0.2, 0.25) is 0 Å². The zero-order chi connectivity index (χ0) is 23.7. The number of rotatable bonds is 8. The van der Waals surface area contributed by atoms with E-state index in [0.717, 1.165) is 52.0 Å². The summed E-state index contributed by atoms with van der Waals surface area (Å²) in [6, 6.07) is 14.3. The second-order valence-electron chi connectivity index (χ2n) is 9.15. The predicted octanol–water partition coefficient (Wildman–Crippen LogP) is 4.35. The van der Waals surface area contributed by atoms with Crippen LogP contribution in [0.5, 0.6) is 5.88 Å². The fraction of sp³-hybridized carbons (Fsp3) is 0.385. The lowest BCUT2D eigenvalue weighted by Crippen LogP contribution is -2.26. The van der Waals surface area contributed by atoms with Crippen molar-refractivity contribution in [2.75, 3.05) is 27.2 Å². The molecular formula is C26H30N4O2S2. The Hall–Kier alpha value is -2.42. The third-order valence-electron chi connectivity index (χ3n) is 6.50. The first-order chi connectivity index (χ1) is 16.5. The van der Waals surface area contributed by atoms with Crippen LogP contribution in [0.3, 0.4) is 0 Å². The lowest BCUT2D eigenvalue weighted by Gasteiger charge is -2.27. The summed E-state index contributed by atoms with van der Waals surface area (Å²) in [5.74, 6) is 0.561. The molecule has 8 heteroatoms. The predicted molar refractivity (Wildman–Crippen MR) is 141 cm³/mol. The van der Waals surface area contributed by atoms with E-state index in [1.807, 2.05) is 50.6 Å². The van der Waals surface area contributed by atoms with Gasteiger partial charge in [-0.05, 0) is 44.6 Å². The van der Waals surface area contributed by atoms with Crippen molar-refractivity contribution in [3.8, 4) is 5.88 Å². The topological polar surface area (TPSA) is 80.8 Å². The first kappa shape index (κ1) is 23.3. The SMILES string of the molecule is CN(C)CCOc1ccc(C2=CC(c3ccccc3)C3C(=N2)SC(S(=O)C2CCC2)=C3N)cn1. The van der Waals surface area contributed by atoms with E-state index < -0.39 is 10.8 Å². The van der Waals surface area contributed by atoms with E-state index in [4.69, 9.17) is 15.5 Å². The summed E-state index contributed by atoms with van der Waals surface area (Å²) < 4.78 is 19.8. The number of thioether (sulfide) groups is 1. The maximum atomic E-state index is 13.2. The lowest BCUT2D eigenvalue weighted by atomic mass is 9.82. The summed E-state index contributed by atoms with van der Waals surface area (Å²) in [6.45, 7) is 1.42. The Labute approximate surface area is 207 Å². The average Bonchev–Trinajstić information content (AvgIpc) is 3.14. The van der Waals surface area contributed by atoms with Crippen LogP contribution in [0.25, 0.3) is 5.70 Å². The monoisotopic (exact) mass is 494 g/mol. The van der Waals surface area contributed by atoms with Crippen LogP contribution in [-0.2, 0) is 10.8 Å². The molecule has 2 aromatic rings. The van der Waals surface area contributed by atoms with Gasteiger partial charge in [0.15, 0.2) is 0 Å². The number of nitrogens with two attached hydrogens (primary N) is 1. The van der Waals surface area contributed by atoms with E-state index in [-0.39, 0.29) is 17.1 Å². The van der Waals surface area contributed by atoms with Crippen molar-refractivity contribution in [2.45, 2.75) is 30.4 Å². The van der Waals surface area contributed by atoms with E-state index in [1.54, 1.807) is 0 Å². The third-order valence-corrected chi connectivity index (χ3v) is 9.90. The molecule has 1 aromatic carbocycles. The summed E-state index contributed by atoms with van der Waals surface area (Å²) in [5, 5.41) is 1.16. The highest BCUT2D eigenvalue weighted by Crippen LogP contribution is 2.50. The van der Waals surface area contributed by atoms with Gasteiger partial charge in [-0.3, -0.25) is 4.21 Å². The lowest BCUT2D eigenvalue weighted by molar-refractivity contribution is 0.254. The van der Waals surface area contributed by atoms with Gasteiger partial charge in [-0.2, -0.15) is 0 Å². The van der Waals surface area contributed by atoms with Crippen LogP contribution in [0.4, 0.5) is 0 Å². The summed E-state index contributed by atoms with van der Waals surface area (Å²) in [7, 11) is 2.97. The van der Waals surface area contributed by atoms with Gasteiger partial charge in [0.2, 0.25) is 5.88 Å². The van der Waals surface area contributed by atoms with Gasteiger partial charge in [-0.25, -0.2) is 9.98 Å². The highest BCUT2D eigenvalue weighted by atomic mass is 32.2. The first-order valence-electron chi connectivity index (χ1n) is 11.7. The molecule has 1 saturated carbocycles. The molecule has 1 aliphatic carbocycles. The normalized spacial score (nSPS) is 23.3. The van der Waals surface area contributed by atoms with Gasteiger partial charge in [0.25, 0.3) is 0 Å². The number of likely N-dealkylation sites (N-methyl/N-ethyl adjacent to an activating group) is 1. The van der Waals surface area contributed by atoms with Crippen molar-refractivity contribution < 1.29 is 8.95 Å². The number of ether oxygens (including phenoxy) is 1. The number of benzene rings is 1. The fourth-order valence-corrected chi connectivity index (χ4v) is 7.70. The summed E-state index contributed by atoms with van der Waals surface area (Å²) in [6.07, 6.45) is 7.17. The Kier molecular flexibility index (Phi) is 6.90. The Morgan fingerprint density at radius 2 is 1.97 bits per heavy atom. The molecule has 3 unspecified atom stereocenters. The molecule has 178 valence electrons. The van der Waals surface area contributed by atoms with Crippen LogP contribution in [-0.4, -0.2) is 51.6 Å². The van der Waals surface area contributed by atoms with Crippen LogP contribution < -0.4 is 10.5 Å². The van der Waals surface area contributed by atoms with Crippen molar-refractivity contribution in [1.82, 2.24) is 9.88 Å². The van der Waals surface area contributed by atoms with Gasteiger partial charge in [-0.1, -0.05) is 48.5 Å². The second kappa shape index (κ2) is 10.1. The minimum Gasteiger partial charge on any atom is -0.476 e. The Morgan fingerprint density at radius 1 is 1.18 bits per heavy atom. The zero-order valence-corrected chi connectivity index (χ0v) is 21.1. The van der Waals surface area contributed by atoms with E-state index in [0.29, 0.717) is 12.5 Å². The van der Waals surface area contributed by atoms with Crippen molar-refractivity contribution in [2.24, 2.45) is 16.6 Å². The van der Waals surface area contributed by atoms with Gasteiger partial charge < -0.3 is 15.4 Å². The highest BCUT2D eigenvalue weighted by Gasteiger charge is 2.43. The largest absolute Gasteiger partial charge is 0.476 e. The van der Waals surface area contributed by atoms with Crippen molar-refractivity contribution >= 4 is 33.3 Å². The second-order valence-corrected chi connectivity index (χ2v) is 12.1. The smallest absolute Gasteiger partial charge is 0.213 e. The number of pyridine rings is 1. The number of nitrogens with zero attached hydrogens (tertiary/aromatic N) is 3. The van der Waals surface area contributed by atoms with E-state index >= 15 is 0 Å². The van der Waals surface area contributed by atoms with Crippen molar-refractivity contribution in [3.05, 3.63) is 75.8 Å². The van der Waals surface area contributed by atoms with E-state index in [1.165, 1.54) is 17.3 Å². The molecule has 0 saturated heterocycles. The quantitative estimate of drug-likeness (QED) is 0.588. The molecule has 2 N–H and O–H groups in total. The molecular weight excluding hydrogens is 464 g/mol. The molecule has 0 bridgehead atoms. The molecule has 0 amide bonds. The number of fused-ring (bicyclic) bond motifs is 1. The minimum absolute atomic E-state index is 0.0307. The van der Waals surface area contributed by atoms with Crippen LogP contribution in [0, 0.1) is 5.92 Å².